The van der Waals surface area contributed by atoms with Crippen LogP contribution in [-0.2, 0) is 0 Å². The summed E-state index contributed by atoms with van der Waals surface area (Å²) in [5.41, 5.74) is 1.90. The zero-order chi connectivity index (χ0) is 11.8. The fourth-order valence-electron chi connectivity index (χ4n) is 1.70. The summed E-state index contributed by atoms with van der Waals surface area (Å²) in [6.45, 7) is 2.01. The second-order valence-corrected chi connectivity index (χ2v) is 4.10. The number of fused-ring (bicyclic) bond motifs is 1. The van der Waals surface area contributed by atoms with Crippen LogP contribution < -0.4 is 0 Å². The molecular formula is C12H9N3OS. The molecule has 0 aliphatic heterocycles. The fraction of sp³-hybridized carbons (Fsp3) is 0.0833. The van der Waals surface area contributed by atoms with Crippen molar-refractivity contribution >= 4 is 17.9 Å². The van der Waals surface area contributed by atoms with Crippen molar-refractivity contribution in [3.05, 3.63) is 47.1 Å². The molecule has 84 valence electrons. The van der Waals surface area contributed by atoms with Crippen LogP contribution in [0.4, 0.5) is 0 Å². The summed E-state index contributed by atoms with van der Waals surface area (Å²) in [7, 11) is 0. The minimum atomic E-state index is 0.321. The lowest BCUT2D eigenvalue weighted by Crippen LogP contribution is -2.00. The Hall–Kier alpha value is -2.01. The molecule has 5 heteroatoms. The summed E-state index contributed by atoms with van der Waals surface area (Å²) in [6, 6.07) is 7.63. The predicted molar refractivity (Wildman–Crippen MR) is 66.3 cm³/mol. The third kappa shape index (κ3) is 1.74. The van der Waals surface area contributed by atoms with Gasteiger partial charge in [0, 0.05) is 6.20 Å². The van der Waals surface area contributed by atoms with Crippen molar-refractivity contribution in [2.75, 3.05) is 0 Å². The molecular weight excluding hydrogens is 234 g/mol. The molecule has 0 N–H and O–H groups in total. The second-order valence-electron chi connectivity index (χ2n) is 3.74. The van der Waals surface area contributed by atoms with Gasteiger partial charge in [-0.15, -0.1) is 0 Å². The summed E-state index contributed by atoms with van der Waals surface area (Å²) >= 11 is 5.07. The first-order chi connectivity index (χ1) is 8.24. The predicted octanol–water partition coefficient (Wildman–Crippen LogP) is 3.03. The van der Waals surface area contributed by atoms with Gasteiger partial charge in [-0.3, -0.25) is 4.40 Å². The van der Waals surface area contributed by atoms with E-state index in [1.54, 1.807) is 6.26 Å². The first-order valence-corrected chi connectivity index (χ1v) is 5.56. The Kier molecular flexibility index (Phi) is 2.26. The van der Waals surface area contributed by atoms with E-state index in [1.807, 2.05) is 41.8 Å². The fourth-order valence-corrected chi connectivity index (χ4v) is 1.88. The Morgan fingerprint density at radius 2 is 2.18 bits per heavy atom. The highest BCUT2D eigenvalue weighted by Crippen LogP contribution is 2.18. The maximum absolute atomic E-state index is 5.36. The highest BCUT2D eigenvalue weighted by Gasteiger charge is 2.08. The lowest BCUT2D eigenvalue weighted by Gasteiger charge is -2.05. The number of hydrogen-bond acceptors (Lipinski definition) is 4. The molecule has 0 saturated carbocycles. The molecule has 0 aliphatic carbocycles. The molecule has 0 aliphatic rings. The first-order valence-electron chi connectivity index (χ1n) is 5.15. The standard InChI is InChI=1S/C12H9N3OS/c1-8-4-5-15-10(7-8)13-12(17)14-11(15)9-3-2-6-16-9/h2-7H,1H3. The van der Waals surface area contributed by atoms with Gasteiger partial charge in [0.1, 0.15) is 5.65 Å². The van der Waals surface area contributed by atoms with Crippen molar-refractivity contribution in [3.63, 3.8) is 0 Å². The molecule has 0 amide bonds. The van der Waals surface area contributed by atoms with E-state index in [-0.39, 0.29) is 0 Å². The summed E-state index contributed by atoms with van der Waals surface area (Å²) < 4.78 is 7.54. The van der Waals surface area contributed by atoms with Gasteiger partial charge in [0.25, 0.3) is 0 Å². The molecule has 3 rings (SSSR count). The normalized spacial score (nSPS) is 10.9. The number of furan rings is 1. The molecule has 3 aromatic heterocycles. The van der Waals surface area contributed by atoms with Crippen molar-refractivity contribution in [2.24, 2.45) is 0 Å². The van der Waals surface area contributed by atoms with Gasteiger partial charge >= 0.3 is 0 Å². The Morgan fingerprint density at radius 1 is 1.29 bits per heavy atom. The van der Waals surface area contributed by atoms with E-state index in [0.717, 1.165) is 11.2 Å². The minimum Gasteiger partial charge on any atom is -0.461 e. The molecule has 0 aromatic carbocycles. The van der Waals surface area contributed by atoms with Gasteiger partial charge in [-0.1, -0.05) is 0 Å². The van der Waals surface area contributed by atoms with Gasteiger partial charge in [0.05, 0.1) is 6.26 Å². The number of pyridine rings is 1. The van der Waals surface area contributed by atoms with E-state index in [1.165, 1.54) is 0 Å². The van der Waals surface area contributed by atoms with Crippen LogP contribution >= 0.6 is 12.2 Å². The molecule has 17 heavy (non-hydrogen) atoms. The highest BCUT2D eigenvalue weighted by molar-refractivity contribution is 7.71. The average Bonchev–Trinajstić information content (AvgIpc) is 2.80. The topological polar surface area (TPSA) is 43.3 Å². The summed E-state index contributed by atoms with van der Waals surface area (Å²) in [6.07, 6.45) is 3.53. The Morgan fingerprint density at radius 3 is 2.94 bits per heavy atom. The van der Waals surface area contributed by atoms with Gasteiger partial charge in [0.2, 0.25) is 4.77 Å². The molecule has 0 atom stereocenters. The third-order valence-corrected chi connectivity index (χ3v) is 2.65. The van der Waals surface area contributed by atoms with E-state index < -0.39 is 0 Å². The van der Waals surface area contributed by atoms with E-state index >= 15 is 0 Å². The largest absolute Gasteiger partial charge is 0.461 e. The quantitative estimate of drug-likeness (QED) is 0.616. The number of hydrogen-bond donors (Lipinski definition) is 0. The molecule has 4 nitrogen and oxygen atoms in total. The zero-order valence-corrected chi connectivity index (χ0v) is 9.94. The van der Waals surface area contributed by atoms with Crippen molar-refractivity contribution in [1.29, 1.82) is 0 Å². The summed E-state index contributed by atoms with van der Waals surface area (Å²) in [5.74, 6) is 1.35. The molecule has 3 aromatic rings. The molecule has 3 heterocycles. The van der Waals surface area contributed by atoms with Gasteiger partial charge < -0.3 is 4.42 Å². The van der Waals surface area contributed by atoms with Crippen molar-refractivity contribution < 1.29 is 4.42 Å². The SMILES string of the molecule is Cc1ccn2c(-c3ccco3)nc(=S)nc2c1. The summed E-state index contributed by atoms with van der Waals surface area (Å²) in [5, 5.41) is 0. The van der Waals surface area contributed by atoms with Crippen LogP contribution in [0, 0.1) is 11.7 Å². The first kappa shape index (κ1) is 10.2. The second kappa shape index (κ2) is 3.78. The summed E-state index contributed by atoms with van der Waals surface area (Å²) in [4.78, 5) is 8.48. The molecule has 0 bridgehead atoms. The van der Waals surface area contributed by atoms with Gasteiger partial charge in [0.15, 0.2) is 11.6 Å². The van der Waals surface area contributed by atoms with E-state index in [0.29, 0.717) is 16.4 Å². The third-order valence-electron chi connectivity index (χ3n) is 2.47. The van der Waals surface area contributed by atoms with Crippen molar-refractivity contribution in [2.45, 2.75) is 6.92 Å². The smallest absolute Gasteiger partial charge is 0.223 e. The lowest BCUT2D eigenvalue weighted by molar-refractivity contribution is 0.575. The van der Waals surface area contributed by atoms with Crippen LogP contribution in [0.5, 0.6) is 0 Å². The monoisotopic (exact) mass is 243 g/mol. The maximum Gasteiger partial charge on any atom is 0.223 e. The lowest BCUT2D eigenvalue weighted by atomic mass is 10.3. The molecule has 0 unspecified atom stereocenters. The number of aromatic nitrogens is 3. The molecule has 0 fully saturated rings. The van der Waals surface area contributed by atoms with E-state index in [2.05, 4.69) is 9.97 Å². The van der Waals surface area contributed by atoms with E-state index in [4.69, 9.17) is 16.6 Å². The zero-order valence-electron chi connectivity index (χ0n) is 9.12. The Labute approximate surface area is 103 Å². The van der Waals surface area contributed by atoms with Crippen LogP contribution in [0.25, 0.3) is 17.2 Å². The Bertz CT molecular complexity index is 731. The van der Waals surface area contributed by atoms with E-state index in [9.17, 15) is 0 Å². The number of nitrogens with zero attached hydrogens (tertiary/aromatic N) is 3. The number of rotatable bonds is 1. The van der Waals surface area contributed by atoms with Gasteiger partial charge in [-0.25, -0.2) is 4.98 Å². The van der Waals surface area contributed by atoms with Crippen LogP contribution in [-0.4, -0.2) is 14.4 Å². The van der Waals surface area contributed by atoms with Crippen LogP contribution in [0.1, 0.15) is 5.56 Å². The minimum absolute atomic E-state index is 0.321. The molecule has 0 saturated heterocycles. The van der Waals surface area contributed by atoms with Crippen molar-refractivity contribution in [3.8, 4) is 11.6 Å². The van der Waals surface area contributed by atoms with Gasteiger partial charge in [-0.2, -0.15) is 4.98 Å². The van der Waals surface area contributed by atoms with Crippen molar-refractivity contribution in [1.82, 2.24) is 14.4 Å². The van der Waals surface area contributed by atoms with Crippen LogP contribution in [0.2, 0.25) is 0 Å². The average molecular weight is 243 g/mol. The van der Waals surface area contributed by atoms with Gasteiger partial charge in [-0.05, 0) is 49.0 Å². The molecule has 0 radical (unpaired) electrons. The number of aryl methyl sites for hydroxylation is 1. The maximum atomic E-state index is 5.36. The van der Waals surface area contributed by atoms with Crippen LogP contribution in [0.15, 0.2) is 41.1 Å². The highest BCUT2D eigenvalue weighted by atomic mass is 32.1. The van der Waals surface area contributed by atoms with Crippen LogP contribution in [0.3, 0.4) is 0 Å². The molecule has 0 spiro atoms. The Balaban J connectivity index is 2.42.